The van der Waals surface area contributed by atoms with Crippen LogP contribution in [-0.2, 0) is 6.54 Å². The molecule has 0 saturated heterocycles. The number of benzene rings is 2. The van der Waals surface area contributed by atoms with E-state index in [1.807, 2.05) is 93.1 Å². The van der Waals surface area contributed by atoms with Crippen LogP contribution in [0.5, 0.6) is 0 Å². The van der Waals surface area contributed by atoms with Crippen molar-refractivity contribution in [3.8, 4) is 0 Å². The lowest BCUT2D eigenvalue weighted by atomic mass is 10.1. The number of carbonyl (C=O) groups is 1. The van der Waals surface area contributed by atoms with Crippen molar-refractivity contribution in [2.75, 3.05) is 29.6 Å². The summed E-state index contributed by atoms with van der Waals surface area (Å²) in [6.45, 7) is 6.85. The zero-order valence-electron chi connectivity index (χ0n) is 19.6. The molecule has 0 radical (unpaired) electrons. The minimum atomic E-state index is -0.135. The average molecular weight is 444 g/mol. The van der Waals surface area contributed by atoms with E-state index in [0.29, 0.717) is 17.0 Å². The van der Waals surface area contributed by atoms with Crippen LogP contribution in [0.3, 0.4) is 0 Å². The molecule has 4 rings (SSSR count). The normalized spacial score (nSPS) is 11.9. The molecule has 0 bridgehead atoms. The van der Waals surface area contributed by atoms with Crippen LogP contribution in [0.4, 0.5) is 17.2 Å². The number of nitrogens with zero attached hydrogens (tertiary/aromatic N) is 5. The summed E-state index contributed by atoms with van der Waals surface area (Å²) < 4.78 is 1.82. The molecule has 0 aliphatic carbocycles. The van der Waals surface area contributed by atoms with Crippen molar-refractivity contribution in [1.82, 2.24) is 19.7 Å². The van der Waals surface area contributed by atoms with Crippen molar-refractivity contribution in [1.29, 1.82) is 0 Å². The fourth-order valence-electron chi connectivity index (χ4n) is 3.77. The van der Waals surface area contributed by atoms with E-state index in [1.54, 1.807) is 6.20 Å². The van der Waals surface area contributed by atoms with Gasteiger partial charge in [-0.3, -0.25) is 9.48 Å². The fraction of sp³-hybridized carbons (Fsp3) is 0.280. The molecule has 8 nitrogen and oxygen atoms in total. The number of aromatic nitrogens is 4. The third-order valence-electron chi connectivity index (χ3n) is 5.55. The van der Waals surface area contributed by atoms with Crippen LogP contribution in [0.2, 0.25) is 0 Å². The van der Waals surface area contributed by atoms with Gasteiger partial charge < -0.3 is 15.5 Å². The maximum atomic E-state index is 12.8. The van der Waals surface area contributed by atoms with Gasteiger partial charge in [0.05, 0.1) is 18.4 Å². The van der Waals surface area contributed by atoms with E-state index in [1.165, 1.54) is 0 Å². The molecule has 2 aromatic carbocycles. The summed E-state index contributed by atoms with van der Waals surface area (Å²) in [6.07, 6.45) is 3.60. The SMILES string of the molecule is CCn1cc2ncc(N[C@@H](C)c3cccc(NC(=O)c4ccc(N(C)C)c(C)c4)c3)nc2n1. The van der Waals surface area contributed by atoms with Gasteiger partial charge in [0.25, 0.3) is 5.91 Å². The number of nitrogens with one attached hydrogen (secondary N) is 2. The fourth-order valence-corrected chi connectivity index (χ4v) is 3.77. The Bertz CT molecular complexity index is 1300. The zero-order valence-corrected chi connectivity index (χ0v) is 19.6. The van der Waals surface area contributed by atoms with Gasteiger partial charge in [0.15, 0.2) is 0 Å². The minimum Gasteiger partial charge on any atom is -0.377 e. The Balaban J connectivity index is 1.47. The van der Waals surface area contributed by atoms with Crippen molar-refractivity contribution in [2.24, 2.45) is 0 Å². The van der Waals surface area contributed by atoms with E-state index in [0.717, 1.165) is 34.6 Å². The lowest BCUT2D eigenvalue weighted by Gasteiger charge is -2.17. The van der Waals surface area contributed by atoms with Gasteiger partial charge in [-0.25, -0.2) is 9.97 Å². The molecule has 0 aliphatic rings. The Labute approximate surface area is 193 Å². The summed E-state index contributed by atoms with van der Waals surface area (Å²) in [4.78, 5) is 23.8. The Morgan fingerprint density at radius 2 is 2.00 bits per heavy atom. The van der Waals surface area contributed by atoms with Gasteiger partial charge in [0, 0.05) is 37.6 Å². The molecule has 0 unspecified atom stereocenters. The predicted molar refractivity (Wildman–Crippen MR) is 133 cm³/mol. The summed E-state index contributed by atoms with van der Waals surface area (Å²) in [5, 5.41) is 10.8. The van der Waals surface area contributed by atoms with Crippen molar-refractivity contribution in [3.05, 3.63) is 71.5 Å². The van der Waals surface area contributed by atoms with Gasteiger partial charge in [0.2, 0.25) is 5.65 Å². The number of hydrogen-bond acceptors (Lipinski definition) is 6. The van der Waals surface area contributed by atoms with E-state index < -0.39 is 0 Å². The molecule has 2 aromatic heterocycles. The second-order valence-corrected chi connectivity index (χ2v) is 8.29. The smallest absolute Gasteiger partial charge is 0.255 e. The molecular weight excluding hydrogens is 414 g/mol. The molecule has 8 heteroatoms. The Morgan fingerprint density at radius 3 is 2.73 bits per heavy atom. The van der Waals surface area contributed by atoms with Gasteiger partial charge in [-0.15, -0.1) is 0 Å². The Morgan fingerprint density at radius 1 is 1.18 bits per heavy atom. The number of rotatable bonds is 7. The van der Waals surface area contributed by atoms with Gasteiger partial charge in [0.1, 0.15) is 11.3 Å². The standard InChI is InChI=1S/C25H29N7O/c1-6-32-15-21-24(30-32)29-23(14-26-21)27-17(3)18-8-7-9-20(13-18)28-25(33)19-10-11-22(31(4)5)16(2)12-19/h7-15,17H,6H2,1-5H3,(H,28,33)(H,27,29,30)/t17-/m0/s1. The van der Waals surface area contributed by atoms with E-state index in [2.05, 4.69) is 25.7 Å². The molecule has 170 valence electrons. The predicted octanol–water partition coefficient (Wildman–Crippen LogP) is 4.65. The van der Waals surface area contributed by atoms with Crippen molar-refractivity contribution in [3.63, 3.8) is 0 Å². The second kappa shape index (κ2) is 9.28. The second-order valence-electron chi connectivity index (χ2n) is 8.29. The van der Waals surface area contributed by atoms with E-state index >= 15 is 0 Å². The molecule has 2 N–H and O–H groups in total. The lowest BCUT2D eigenvalue weighted by molar-refractivity contribution is 0.102. The van der Waals surface area contributed by atoms with Gasteiger partial charge >= 0.3 is 0 Å². The average Bonchev–Trinajstić information content (AvgIpc) is 3.21. The number of hydrogen-bond donors (Lipinski definition) is 2. The summed E-state index contributed by atoms with van der Waals surface area (Å²) in [5.74, 6) is 0.520. The molecule has 0 aliphatic heterocycles. The van der Waals surface area contributed by atoms with Gasteiger partial charge in [-0.1, -0.05) is 12.1 Å². The van der Waals surface area contributed by atoms with Crippen LogP contribution in [0, 0.1) is 6.92 Å². The maximum absolute atomic E-state index is 12.8. The van der Waals surface area contributed by atoms with Crippen molar-refractivity contribution in [2.45, 2.75) is 33.4 Å². The largest absolute Gasteiger partial charge is 0.377 e. The summed E-state index contributed by atoms with van der Waals surface area (Å²) >= 11 is 0. The summed E-state index contributed by atoms with van der Waals surface area (Å²) in [7, 11) is 3.98. The van der Waals surface area contributed by atoms with Crippen LogP contribution in [0.25, 0.3) is 11.2 Å². The molecule has 2 heterocycles. The quantitative estimate of drug-likeness (QED) is 0.432. The highest BCUT2D eigenvalue weighted by Crippen LogP contribution is 2.23. The summed E-state index contributed by atoms with van der Waals surface area (Å²) in [5.41, 5.74) is 5.93. The van der Waals surface area contributed by atoms with Crippen LogP contribution in [0.1, 0.15) is 41.4 Å². The molecule has 1 atom stereocenters. The van der Waals surface area contributed by atoms with Gasteiger partial charge in [-0.05, 0) is 62.2 Å². The third-order valence-corrected chi connectivity index (χ3v) is 5.55. The van der Waals surface area contributed by atoms with Crippen molar-refractivity contribution >= 4 is 34.3 Å². The van der Waals surface area contributed by atoms with Crippen LogP contribution in [0.15, 0.2) is 54.9 Å². The first-order chi connectivity index (χ1) is 15.8. The summed E-state index contributed by atoms with van der Waals surface area (Å²) in [6, 6.07) is 13.5. The van der Waals surface area contributed by atoms with Crippen LogP contribution in [-0.4, -0.2) is 39.8 Å². The number of amides is 1. The minimum absolute atomic E-state index is 0.0384. The Kier molecular flexibility index (Phi) is 6.26. The van der Waals surface area contributed by atoms with E-state index in [-0.39, 0.29) is 11.9 Å². The Hall–Kier alpha value is -3.94. The highest BCUT2D eigenvalue weighted by molar-refractivity contribution is 6.04. The number of aryl methyl sites for hydroxylation is 2. The first-order valence-corrected chi connectivity index (χ1v) is 11.0. The van der Waals surface area contributed by atoms with Crippen LogP contribution >= 0.6 is 0 Å². The molecule has 1 amide bonds. The first kappa shape index (κ1) is 22.3. The van der Waals surface area contributed by atoms with Crippen LogP contribution < -0.4 is 15.5 Å². The first-order valence-electron chi connectivity index (χ1n) is 11.0. The zero-order chi connectivity index (χ0) is 23.5. The maximum Gasteiger partial charge on any atom is 0.255 e. The monoisotopic (exact) mass is 443 g/mol. The molecule has 33 heavy (non-hydrogen) atoms. The van der Waals surface area contributed by atoms with Gasteiger partial charge in [-0.2, -0.15) is 5.10 Å². The molecule has 0 saturated carbocycles. The molecule has 0 spiro atoms. The lowest BCUT2D eigenvalue weighted by Crippen LogP contribution is -2.15. The molecular formula is C25H29N7O. The highest BCUT2D eigenvalue weighted by Gasteiger charge is 2.12. The number of fused-ring (bicyclic) bond motifs is 1. The molecule has 0 fully saturated rings. The van der Waals surface area contributed by atoms with E-state index in [4.69, 9.17) is 0 Å². The third kappa shape index (κ3) is 4.95. The number of carbonyl (C=O) groups excluding carboxylic acids is 1. The van der Waals surface area contributed by atoms with Crippen molar-refractivity contribution < 1.29 is 4.79 Å². The topological polar surface area (TPSA) is 88.0 Å². The molecule has 4 aromatic rings. The highest BCUT2D eigenvalue weighted by atomic mass is 16.1. The van der Waals surface area contributed by atoms with E-state index in [9.17, 15) is 4.79 Å². The number of anilines is 3.